The number of halogens is 1. The number of amides is 1. The minimum Gasteiger partial charge on any atom is -0.326 e. The number of rotatable bonds is 4. The molecule has 128 valence electrons. The Morgan fingerprint density at radius 3 is 2.48 bits per heavy atom. The van der Waals surface area contributed by atoms with Crippen LogP contribution in [0.2, 0.25) is 5.02 Å². The molecule has 1 N–H and O–H groups in total. The zero-order valence-corrected chi connectivity index (χ0v) is 14.8. The summed E-state index contributed by atoms with van der Waals surface area (Å²) in [5.41, 5.74) is 2.35. The first-order valence-electron chi connectivity index (χ1n) is 8.74. The van der Waals surface area contributed by atoms with E-state index in [1.807, 2.05) is 42.5 Å². The Morgan fingerprint density at radius 2 is 1.84 bits per heavy atom. The van der Waals surface area contributed by atoms with Gasteiger partial charge in [-0.15, -0.1) is 0 Å². The van der Waals surface area contributed by atoms with Gasteiger partial charge in [0.15, 0.2) is 0 Å². The van der Waals surface area contributed by atoms with Crippen molar-refractivity contribution >= 4 is 23.2 Å². The molecule has 2 aromatic rings. The van der Waals surface area contributed by atoms with Gasteiger partial charge in [-0.1, -0.05) is 67.3 Å². The van der Waals surface area contributed by atoms with Crippen LogP contribution in [0, 0.1) is 17.2 Å². The molecule has 25 heavy (non-hydrogen) atoms. The highest BCUT2D eigenvalue weighted by Crippen LogP contribution is 2.32. The lowest BCUT2D eigenvalue weighted by Gasteiger charge is -2.21. The maximum Gasteiger partial charge on any atom is 0.227 e. The molecular formula is C21H21ClN2O. The summed E-state index contributed by atoms with van der Waals surface area (Å²) < 4.78 is 0. The molecule has 1 amide bonds. The molecule has 0 aliphatic heterocycles. The first kappa shape index (κ1) is 17.5. The predicted octanol–water partition coefficient (Wildman–Crippen LogP) is 5.51. The second-order valence-electron chi connectivity index (χ2n) is 6.53. The average Bonchev–Trinajstić information content (AvgIpc) is 2.65. The van der Waals surface area contributed by atoms with E-state index in [4.69, 9.17) is 11.6 Å². The van der Waals surface area contributed by atoms with Crippen LogP contribution in [0.5, 0.6) is 0 Å². The summed E-state index contributed by atoms with van der Waals surface area (Å²) in [5, 5.41) is 13.0. The van der Waals surface area contributed by atoms with Gasteiger partial charge in [-0.2, -0.15) is 5.26 Å². The van der Waals surface area contributed by atoms with Crippen LogP contribution in [-0.2, 0) is 4.79 Å². The monoisotopic (exact) mass is 352 g/mol. The molecule has 0 heterocycles. The van der Waals surface area contributed by atoms with Crippen molar-refractivity contribution in [1.82, 2.24) is 0 Å². The third-order valence-corrected chi connectivity index (χ3v) is 5.14. The van der Waals surface area contributed by atoms with Crippen molar-refractivity contribution in [2.45, 2.75) is 38.0 Å². The molecule has 0 aromatic heterocycles. The summed E-state index contributed by atoms with van der Waals surface area (Å²) in [6.45, 7) is 0. The molecule has 1 saturated carbocycles. The van der Waals surface area contributed by atoms with Gasteiger partial charge in [0.2, 0.25) is 5.91 Å². The number of carbonyl (C=O) groups is 1. The first-order chi connectivity index (χ1) is 12.2. The summed E-state index contributed by atoms with van der Waals surface area (Å²) in [4.78, 5) is 12.4. The van der Waals surface area contributed by atoms with Crippen molar-refractivity contribution in [1.29, 1.82) is 5.26 Å². The van der Waals surface area contributed by atoms with Gasteiger partial charge >= 0.3 is 0 Å². The van der Waals surface area contributed by atoms with Crippen molar-refractivity contribution in [3.63, 3.8) is 0 Å². The molecule has 0 bridgehead atoms. The molecule has 1 aliphatic carbocycles. The quantitative estimate of drug-likeness (QED) is 0.788. The van der Waals surface area contributed by atoms with E-state index >= 15 is 0 Å². The highest BCUT2D eigenvalue weighted by Gasteiger charge is 2.22. The minimum atomic E-state index is -0.420. The first-order valence-corrected chi connectivity index (χ1v) is 9.11. The summed E-state index contributed by atoms with van der Waals surface area (Å²) in [7, 11) is 0. The summed E-state index contributed by atoms with van der Waals surface area (Å²) >= 11 is 6.42. The topological polar surface area (TPSA) is 52.9 Å². The summed E-state index contributed by atoms with van der Waals surface area (Å²) in [5.74, 6) is -0.247. The highest BCUT2D eigenvalue weighted by atomic mass is 35.5. The summed E-state index contributed by atoms with van der Waals surface area (Å²) in [6.07, 6.45) is 5.39. The van der Waals surface area contributed by atoms with Crippen molar-refractivity contribution in [3.8, 4) is 6.07 Å². The van der Waals surface area contributed by atoms with Crippen LogP contribution >= 0.6 is 11.6 Å². The molecule has 1 fully saturated rings. The standard InChI is InChI=1S/C21H21ClN2O/c22-20-13-17(24-21(25)16-9-5-2-6-10-16)11-12-18(20)19(14-23)15-7-3-1-4-8-15/h1,3-4,7-8,11-13,16,19H,2,5-6,9-10H2,(H,24,25). The number of hydrogen-bond donors (Lipinski definition) is 1. The SMILES string of the molecule is N#CC(c1ccccc1)c1ccc(NC(=O)C2CCCCC2)cc1Cl. The van der Waals surface area contributed by atoms with Crippen LogP contribution in [0.25, 0.3) is 0 Å². The Hall–Kier alpha value is -2.31. The van der Waals surface area contributed by atoms with Gasteiger partial charge in [0.1, 0.15) is 0 Å². The lowest BCUT2D eigenvalue weighted by molar-refractivity contribution is -0.120. The van der Waals surface area contributed by atoms with Crippen molar-refractivity contribution in [3.05, 3.63) is 64.7 Å². The third-order valence-electron chi connectivity index (χ3n) is 4.82. The molecule has 3 rings (SSSR count). The van der Waals surface area contributed by atoms with Crippen molar-refractivity contribution < 1.29 is 4.79 Å². The molecule has 0 spiro atoms. The van der Waals surface area contributed by atoms with Crippen molar-refractivity contribution in [2.75, 3.05) is 5.32 Å². The van der Waals surface area contributed by atoms with E-state index < -0.39 is 5.92 Å². The molecular weight excluding hydrogens is 332 g/mol. The molecule has 1 unspecified atom stereocenters. The molecule has 1 atom stereocenters. The van der Waals surface area contributed by atoms with Crippen LogP contribution in [0.4, 0.5) is 5.69 Å². The smallest absolute Gasteiger partial charge is 0.227 e. The number of anilines is 1. The number of nitriles is 1. The number of benzene rings is 2. The molecule has 4 heteroatoms. The zero-order valence-electron chi connectivity index (χ0n) is 14.0. The Balaban J connectivity index is 1.76. The normalized spacial score (nSPS) is 16.0. The Labute approximate surface area is 153 Å². The number of carbonyl (C=O) groups excluding carboxylic acids is 1. The fourth-order valence-electron chi connectivity index (χ4n) is 3.42. The van der Waals surface area contributed by atoms with Gasteiger partial charge < -0.3 is 5.32 Å². The van der Waals surface area contributed by atoms with E-state index in [0.29, 0.717) is 10.7 Å². The average molecular weight is 353 g/mol. The second-order valence-corrected chi connectivity index (χ2v) is 6.94. The van der Waals surface area contributed by atoms with Crippen LogP contribution in [0.1, 0.15) is 49.1 Å². The fraction of sp³-hybridized carbons (Fsp3) is 0.333. The molecule has 0 radical (unpaired) electrons. The molecule has 0 saturated heterocycles. The van der Waals surface area contributed by atoms with E-state index in [1.54, 1.807) is 6.07 Å². The highest BCUT2D eigenvalue weighted by molar-refractivity contribution is 6.31. The van der Waals surface area contributed by atoms with Gasteiger partial charge in [0, 0.05) is 16.6 Å². The van der Waals surface area contributed by atoms with Gasteiger partial charge in [-0.3, -0.25) is 4.79 Å². The number of hydrogen-bond acceptors (Lipinski definition) is 2. The zero-order chi connectivity index (χ0) is 17.6. The Kier molecular flexibility index (Phi) is 5.73. The summed E-state index contributed by atoms with van der Waals surface area (Å²) in [6, 6.07) is 17.3. The van der Waals surface area contributed by atoms with Crippen molar-refractivity contribution in [2.24, 2.45) is 5.92 Å². The van der Waals surface area contributed by atoms with E-state index in [2.05, 4.69) is 11.4 Å². The van der Waals surface area contributed by atoms with Crippen LogP contribution < -0.4 is 5.32 Å². The lowest BCUT2D eigenvalue weighted by Crippen LogP contribution is -2.24. The Morgan fingerprint density at radius 1 is 1.12 bits per heavy atom. The third kappa shape index (κ3) is 4.21. The maximum absolute atomic E-state index is 12.4. The molecule has 1 aliphatic rings. The van der Waals surface area contributed by atoms with Crippen LogP contribution in [0.15, 0.2) is 48.5 Å². The van der Waals surface area contributed by atoms with Gasteiger partial charge in [0.25, 0.3) is 0 Å². The predicted molar refractivity (Wildman–Crippen MR) is 101 cm³/mol. The number of nitrogens with one attached hydrogen (secondary N) is 1. The van der Waals surface area contributed by atoms with Gasteiger partial charge in [-0.05, 0) is 36.1 Å². The second kappa shape index (κ2) is 8.18. The Bertz CT molecular complexity index is 776. The van der Waals surface area contributed by atoms with E-state index in [0.717, 1.165) is 36.8 Å². The molecule has 2 aromatic carbocycles. The van der Waals surface area contributed by atoms with E-state index in [-0.39, 0.29) is 11.8 Å². The molecule has 3 nitrogen and oxygen atoms in total. The minimum absolute atomic E-state index is 0.0726. The largest absolute Gasteiger partial charge is 0.326 e. The van der Waals surface area contributed by atoms with E-state index in [1.165, 1.54) is 6.42 Å². The van der Waals surface area contributed by atoms with Crippen LogP contribution in [0.3, 0.4) is 0 Å². The maximum atomic E-state index is 12.4. The van der Waals surface area contributed by atoms with Gasteiger partial charge in [-0.25, -0.2) is 0 Å². The van der Waals surface area contributed by atoms with Crippen LogP contribution in [-0.4, -0.2) is 5.91 Å². The lowest BCUT2D eigenvalue weighted by atomic mass is 9.88. The van der Waals surface area contributed by atoms with E-state index in [9.17, 15) is 10.1 Å². The van der Waals surface area contributed by atoms with Gasteiger partial charge in [0.05, 0.1) is 12.0 Å². The number of nitrogens with zero attached hydrogens (tertiary/aromatic N) is 1. The fourth-order valence-corrected chi connectivity index (χ4v) is 3.71.